The zero-order chi connectivity index (χ0) is 14.5. The van der Waals surface area contributed by atoms with Gasteiger partial charge in [0.15, 0.2) is 0 Å². The van der Waals surface area contributed by atoms with Gasteiger partial charge in [-0.15, -0.1) is 0 Å². The second-order valence-corrected chi connectivity index (χ2v) is 5.67. The summed E-state index contributed by atoms with van der Waals surface area (Å²) < 4.78 is 13.9. The third kappa shape index (κ3) is 3.70. The second-order valence-electron chi connectivity index (χ2n) is 5.67. The molecule has 2 N–H and O–H groups in total. The molecule has 0 radical (unpaired) electrons. The van der Waals surface area contributed by atoms with E-state index in [1.807, 2.05) is 6.92 Å². The van der Waals surface area contributed by atoms with E-state index < -0.39 is 0 Å². The Morgan fingerprint density at radius 2 is 2.10 bits per heavy atom. The van der Waals surface area contributed by atoms with Crippen LogP contribution in [-0.2, 0) is 0 Å². The van der Waals surface area contributed by atoms with E-state index in [1.165, 1.54) is 6.07 Å². The van der Waals surface area contributed by atoms with Crippen molar-refractivity contribution in [3.05, 3.63) is 29.6 Å². The number of nitrogens with one attached hydrogen (secondary N) is 1. The van der Waals surface area contributed by atoms with Crippen molar-refractivity contribution in [2.75, 3.05) is 26.2 Å². The minimum Gasteiger partial charge on any atom is -0.508 e. The lowest BCUT2D eigenvalue weighted by Crippen LogP contribution is -2.38. The topological polar surface area (TPSA) is 35.5 Å². The molecule has 2 rings (SSSR count). The van der Waals surface area contributed by atoms with Crippen LogP contribution in [0.25, 0.3) is 0 Å². The van der Waals surface area contributed by atoms with Crippen LogP contribution in [0.2, 0.25) is 0 Å². The van der Waals surface area contributed by atoms with E-state index in [0.717, 1.165) is 44.9 Å². The van der Waals surface area contributed by atoms with Gasteiger partial charge in [0.05, 0.1) is 0 Å². The third-order valence-electron chi connectivity index (χ3n) is 4.31. The fourth-order valence-corrected chi connectivity index (χ4v) is 2.94. The van der Waals surface area contributed by atoms with Crippen molar-refractivity contribution in [2.24, 2.45) is 5.92 Å². The molecule has 1 aliphatic heterocycles. The predicted octanol–water partition coefficient (Wildman–Crippen LogP) is 2.91. The largest absolute Gasteiger partial charge is 0.508 e. The first-order chi connectivity index (χ1) is 9.61. The lowest BCUT2D eigenvalue weighted by Gasteiger charge is -2.36. The first-order valence-corrected chi connectivity index (χ1v) is 7.55. The maximum atomic E-state index is 13.9. The third-order valence-corrected chi connectivity index (χ3v) is 4.31. The fourth-order valence-electron chi connectivity index (χ4n) is 2.94. The molecular formula is C16H25FN2O. The van der Waals surface area contributed by atoms with Crippen molar-refractivity contribution in [3.8, 4) is 5.75 Å². The Morgan fingerprint density at radius 3 is 2.70 bits per heavy atom. The summed E-state index contributed by atoms with van der Waals surface area (Å²) in [6, 6.07) is 4.52. The molecule has 0 bridgehead atoms. The van der Waals surface area contributed by atoms with E-state index in [-0.39, 0.29) is 17.6 Å². The standard InChI is InChI=1S/C16H25FN2O/c1-3-18-11-13-6-8-19(9-7-13)12(2)15-5-4-14(20)10-16(15)17/h4-5,10,12-13,18,20H,3,6-9,11H2,1-2H3. The van der Waals surface area contributed by atoms with Crippen molar-refractivity contribution >= 4 is 0 Å². The molecule has 0 amide bonds. The zero-order valence-corrected chi connectivity index (χ0v) is 12.4. The number of piperidine rings is 1. The van der Waals surface area contributed by atoms with Crippen LogP contribution in [0.1, 0.15) is 38.3 Å². The number of likely N-dealkylation sites (tertiary alicyclic amines) is 1. The summed E-state index contributed by atoms with van der Waals surface area (Å²) in [7, 11) is 0. The summed E-state index contributed by atoms with van der Waals surface area (Å²) in [5.41, 5.74) is 0.674. The second kappa shape index (κ2) is 7.04. The average molecular weight is 280 g/mol. The van der Waals surface area contributed by atoms with Crippen molar-refractivity contribution in [2.45, 2.75) is 32.7 Å². The Kier molecular flexibility index (Phi) is 5.38. The highest BCUT2D eigenvalue weighted by Gasteiger charge is 2.24. The van der Waals surface area contributed by atoms with Gasteiger partial charge in [-0.25, -0.2) is 4.39 Å². The van der Waals surface area contributed by atoms with Gasteiger partial charge in [-0.2, -0.15) is 0 Å². The number of benzene rings is 1. The Hall–Kier alpha value is -1.13. The maximum absolute atomic E-state index is 13.9. The van der Waals surface area contributed by atoms with Gasteiger partial charge >= 0.3 is 0 Å². The predicted molar refractivity (Wildman–Crippen MR) is 79.3 cm³/mol. The van der Waals surface area contributed by atoms with Gasteiger partial charge in [0.1, 0.15) is 11.6 Å². The van der Waals surface area contributed by atoms with Gasteiger partial charge in [-0.05, 0) is 57.9 Å². The van der Waals surface area contributed by atoms with E-state index in [0.29, 0.717) is 5.56 Å². The SMILES string of the molecule is CCNCC1CCN(C(C)c2ccc(O)cc2F)CC1. The van der Waals surface area contributed by atoms with Gasteiger partial charge in [-0.3, -0.25) is 4.90 Å². The van der Waals surface area contributed by atoms with Crippen LogP contribution >= 0.6 is 0 Å². The number of hydrogen-bond donors (Lipinski definition) is 2. The van der Waals surface area contributed by atoms with E-state index >= 15 is 0 Å². The molecular weight excluding hydrogens is 255 g/mol. The van der Waals surface area contributed by atoms with Crippen LogP contribution in [-0.4, -0.2) is 36.2 Å². The molecule has 0 saturated carbocycles. The number of rotatable bonds is 5. The summed E-state index contributed by atoms with van der Waals surface area (Å²) in [6.07, 6.45) is 2.33. The Bertz CT molecular complexity index is 430. The molecule has 4 heteroatoms. The molecule has 1 fully saturated rings. The Labute approximate surface area is 120 Å². The number of phenolic OH excluding ortho intramolecular Hbond substituents is 1. The van der Waals surface area contributed by atoms with Gasteiger partial charge in [0.2, 0.25) is 0 Å². The highest BCUT2D eigenvalue weighted by atomic mass is 19.1. The van der Waals surface area contributed by atoms with Gasteiger partial charge in [-0.1, -0.05) is 13.0 Å². The van der Waals surface area contributed by atoms with Crippen LogP contribution in [0.3, 0.4) is 0 Å². The number of phenols is 1. The molecule has 1 aliphatic rings. The minimum atomic E-state index is -0.313. The van der Waals surface area contributed by atoms with E-state index in [9.17, 15) is 9.50 Å². The molecule has 0 aromatic heterocycles. The lowest BCUT2D eigenvalue weighted by molar-refractivity contribution is 0.138. The van der Waals surface area contributed by atoms with Gasteiger partial charge in [0.25, 0.3) is 0 Å². The monoisotopic (exact) mass is 280 g/mol. The number of aromatic hydroxyl groups is 1. The van der Waals surface area contributed by atoms with Crippen molar-refractivity contribution < 1.29 is 9.50 Å². The number of hydrogen-bond acceptors (Lipinski definition) is 3. The smallest absolute Gasteiger partial charge is 0.131 e. The van der Waals surface area contributed by atoms with Crippen LogP contribution < -0.4 is 5.32 Å². The van der Waals surface area contributed by atoms with Crippen molar-refractivity contribution in [1.29, 1.82) is 0 Å². The number of halogens is 1. The summed E-state index contributed by atoms with van der Waals surface area (Å²) in [4.78, 5) is 2.33. The fraction of sp³-hybridized carbons (Fsp3) is 0.625. The zero-order valence-electron chi connectivity index (χ0n) is 12.4. The molecule has 1 unspecified atom stereocenters. The maximum Gasteiger partial charge on any atom is 0.131 e. The highest BCUT2D eigenvalue weighted by molar-refractivity contribution is 5.29. The van der Waals surface area contributed by atoms with Crippen molar-refractivity contribution in [1.82, 2.24) is 10.2 Å². The highest BCUT2D eigenvalue weighted by Crippen LogP contribution is 2.29. The summed E-state index contributed by atoms with van der Waals surface area (Å²) in [5, 5.41) is 12.7. The average Bonchev–Trinajstić information content (AvgIpc) is 2.45. The summed E-state index contributed by atoms with van der Waals surface area (Å²) in [5.74, 6) is 0.415. The van der Waals surface area contributed by atoms with Gasteiger partial charge < -0.3 is 10.4 Å². The molecule has 0 aliphatic carbocycles. The molecule has 1 atom stereocenters. The molecule has 1 heterocycles. The molecule has 1 aromatic rings. The molecule has 1 aromatic carbocycles. The lowest BCUT2D eigenvalue weighted by atomic mass is 9.94. The molecule has 0 spiro atoms. The van der Waals surface area contributed by atoms with E-state index in [4.69, 9.17) is 0 Å². The van der Waals surface area contributed by atoms with Crippen LogP contribution in [0.4, 0.5) is 4.39 Å². The molecule has 3 nitrogen and oxygen atoms in total. The quantitative estimate of drug-likeness (QED) is 0.870. The van der Waals surface area contributed by atoms with Crippen LogP contribution in [0, 0.1) is 11.7 Å². The summed E-state index contributed by atoms with van der Waals surface area (Å²) >= 11 is 0. The normalized spacial score (nSPS) is 19.1. The molecule has 112 valence electrons. The first-order valence-electron chi connectivity index (χ1n) is 7.55. The summed E-state index contributed by atoms with van der Waals surface area (Å²) in [6.45, 7) is 8.31. The van der Waals surface area contributed by atoms with E-state index in [2.05, 4.69) is 17.1 Å². The minimum absolute atomic E-state index is 0.0113. The first kappa shape index (κ1) is 15.3. The Balaban J connectivity index is 1.92. The van der Waals surface area contributed by atoms with Crippen molar-refractivity contribution in [3.63, 3.8) is 0 Å². The molecule has 1 saturated heterocycles. The van der Waals surface area contributed by atoms with Gasteiger partial charge in [0, 0.05) is 17.7 Å². The number of nitrogens with zero attached hydrogens (tertiary/aromatic N) is 1. The van der Waals surface area contributed by atoms with Crippen LogP contribution in [0.5, 0.6) is 5.75 Å². The Morgan fingerprint density at radius 1 is 1.40 bits per heavy atom. The van der Waals surface area contributed by atoms with Crippen LogP contribution in [0.15, 0.2) is 18.2 Å². The van der Waals surface area contributed by atoms with E-state index in [1.54, 1.807) is 12.1 Å². The molecule has 20 heavy (non-hydrogen) atoms.